The minimum Gasteiger partial charge on any atom is -0.375 e. The van der Waals surface area contributed by atoms with E-state index in [4.69, 9.17) is 4.74 Å². The molecule has 0 atom stereocenters. The maximum atomic E-state index is 5.95. The van der Waals surface area contributed by atoms with E-state index in [1.165, 1.54) is 24.9 Å². The van der Waals surface area contributed by atoms with Crippen LogP contribution in [0.3, 0.4) is 0 Å². The molecule has 104 valence electrons. The molecule has 1 aromatic carbocycles. The molecule has 2 saturated heterocycles. The molecule has 0 aromatic heterocycles. The van der Waals surface area contributed by atoms with Crippen LogP contribution in [0.4, 0.5) is 5.69 Å². The summed E-state index contributed by atoms with van der Waals surface area (Å²) in [6.07, 6.45) is 3.67. The molecule has 0 bridgehead atoms. The highest BCUT2D eigenvalue weighted by atomic mass is 16.5. The van der Waals surface area contributed by atoms with Crippen molar-refractivity contribution in [3.63, 3.8) is 0 Å². The summed E-state index contributed by atoms with van der Waals surface area (Å²) in [4.78, 5) is 0. The molecular formula is C16H24N2O. The molecule has 1 spiro atoms. The summed E-state index contributed by atoms with van der Waals surface area (Å²) in [6.45, 7) is 7.59. The van der Waals surface area contributed by atoms with Gasteiger partial charge in [-0.15, -0.1) is 0 Å². The van der Waals surface area contributed by atoms with Crippen molar-refractivity contribution in [1.29, 1.82) is 0 Å². The van der Waals surface area contributed by atoms with Crippen LogP contribution in [0.1, 0.15) is 33.1 Å². The number of anilines is 1. The van der Waals surface area contributed by atoms with E-state index in [0.717, 1.165) is 19.7 Å². The molecule has 2 aliphatic heterocycles. The molecule has 0 amide bonds. The number of nitrogens with zero attached hydrogens (tertiary/aromatic N) is 1. The normalized spacial score (nSPS) is 25.6. The van der Waals surface area contributed by atoms with Gasteiger partial charge in [-0.2, -0.15) is 0 Å². The van der Waals surface area contributed by atoms with Gasteiger partial charge in [0.05, 0.1) is 12.2 Å². The molecule has 2 fully saturated rings. The van der Waals surface area contributed by atoms with Gasteiger partial charge in [0.15, 0.2) is 0 Å². The lowest BCUT2D eigenvalue weighted by atomic mass is 9.75. The highest BCUT2D eigenvalue weighted by molar-refractivity contribution is 5.41. The molecule has 1 aromatic rings. The molecule has 3 rings (SSSR count). The maximum absolute atomic E-state index is 5.95. The van der Waals surface area contributed by atoms with E-state index in [-0.39, 0.29) is 5.60 Å². The minimum absolute atomic E-state index is 0.0784. The molecule has 0 unspecified atom stereocenters. The average Bonchev–Trinajstić information content (AvgIpc) is 2.70. The molecule has 3 nitrogen and oxygen atoms in total. The van der Waals surface area contributed by atoms with E-state index in [2.05, 4.69) is 48.5 Å². The lowest BCUT2D eigenvalue weighted by Crippen LogP contribution is -2.43. The first-order valence-corrected chi connectivity index (χ1v) is 7.28. The average molecular weight is 260 g/mol. The van der Waals surface area contributed by atoms with E-state index in [1.807, 2.05) is 6.07 Å². The Labute approximate surface area is 115 Å². The Morgan fingerprint density at radius 2 is 1.79 bits per heavy atom. The first kappa shape index (κ1) is 12.9. The van der Waals surface area contributed by atoms with Crippen LogP contribution < -0.4 is 5.43 Å². The fourth-order valence-corrected chi connectivity index (χ4v) is 3.46. The number of para-hydroxylation sites is 1. The number of ether oxygens (including phenoxy) is 1. The molecule has 2 heterocycles. The smallest absolute Gasteiger partial charge is 0.0633 e. The van der Waals surface area contributed by atoms with E-state index in [0.29, 0.717) is 5.41 Å². The Morgan fingerprint density at radius 3 is 2.37 bits per heavy atom. The Hall–Kier alpha value is -1.06. The zero-order valence-corrected chi connectivity index (χ0v) is 12.0. The van der Waals surface area contributed by atoms with Crippen LogP contribution in [0.25, 0.3) is 0 Å². The van der Waals surface area contributed by atoms with Gasteiger partial charge in [-0.1, -0.05) is 18.2 Å². The second-order valence-corrected chi connectivity index (χ2v) is 6.69. The van der Waals surface area contributed by atoms with Gasteiger partial charge >= 0.3 is 0 Å². The van der Waals surface area contributed by atoms with E-state index >= 15 is 0 Å². The largest absolute Gasteiger partial charge is 0.375 e. The summed E-state index contributed by atoms with van der Waals surface area (Å²) in [5.41, 5.74) is 5.19. The van der Waals surface area contributed by atoms with Crippen molar-refractivity contribution in [2.45, 2.75) is 38.7 Å². The third-order valence-corrected chi connectivity index (χ3v) is 4.45. The number of hydrogen-bond acceptors (Lipinski definition) is 3. The van der Waals surface area contributed by atoms with Crippen molar-refractivity contribution in [2.24, 2.45) is 5.41 Å². The molecular weight excluding hydrogens is 236 g/mol. The van der Waals surface area contributed by atoms with Gasteiger partial charge in [0.2, 0.25) is 0 Å². The number of rotatable bonds is 2. The van der Waals surface area contributed by atoms with Crippen LogP contribution in [0, 0.1) is 5.41 Å². The van der Waals surface area contributed by atoms with Gasteiger partial charge in [-0.05, 0) is 50.7 Å². The highest BCUT2D eigenvalue weighted by Crippen LogP contribution is 2.46. The zero-order chi connectivity index (χ0) is 13.3. The van der Waals surface area contributed by atoms with E-state index in [1.54, 1.807) is 0 Å². The summed E-state index contributed by atoms with van der Waals surface area (Å²) in [6, 6.07) is 10.4. The second kappa shape index (κ2) is 4.80. The third-order valence-electron chi connectivity index (χ3n) is 4.45. The minimum atomic E-state index is 0.0784. The molecule has 3 heteroatoms. The SMILES string of the molecule is CC1(C)CC2(CCN(Nc3ccccc3)CC2)CO1. The molecule has 19 heavy (non-hydrogen) atoms. The topological polar surface area (TPSA) is 24.5 Å². The predicted octanol–water partition coefficient (Wildman–Crippen LogP) is 3.29. The van der Waals surface area contributed by atoms with Crippen molar-refractivity contribution >= 4 is 5.69 Å². The van der Waals surface area contributed by atoms with Gasteiger partial charge in [0.25, 0.3) is 0 Å². The van der Waals surface area contributed by atoms with Crippen LogP contribution in [-0.4, -0.2) is 30.3 Å². The summed E-state index contributed by atoms with van der Waals surface area (Å²) >= 11 is 0. The molecule has 0 saturated carbocycles. The summed E-state index contributed by atoms with van der Waals surface area (Å²) < 4.78 is 5.95. The zero-order valence-electron chi connectivity index (χ0n) is 12.0. The van der Waals surface area contributed by atoms with Crippen molar-refractivity contribution in [2.75, 3.05) is 25.1 Å². The highest BCUT2D eigenvalue weighted by Gasteiger charge is 2.45. The third kappa shape index (κ3) is 2.93. The Balaban J connectivity index is 1.56. The van der Waals surface area contributed by atoms with Gasteiger partial charge in [0.1, 0.15) is 0 Å². The predicted molar refractivity (Wildman–Crippen MR) is 78.0 cm³/mol. The first-order chi connectivity index (χ1) is 9.07. The monoisotopic (exact) mass is 260 g/mol. The number of nitrogens with one attached hydrogen (secondary N) is 1. The van der Waals surface area contributed by atoms with E-state index < -0.39 is 0 Å². The second-order valence-electron chi connectivity index (χ2n) is 6.69. The Bertz CT molecular complexity index is 422. The van der Waals surface area contributed by atoms with Crippen LogP contribution in [0.2, 0.25) is 0 Å². The summed E-state index contributed by atoms with van der Waals surface area (Å²) in [7, 11) is 0. The van der Waals surface area contributed by atoms with Crippen LogP contribution in [0.5, 0.6) is 0 Å². The number of hydrazine groups is 1. The Kier molecular flexibility index (Phi) is 3.27. The van der Waals surface area contributed by atoms with Crippen LogP contribution >= 0.6 is 0 Å². The fourth-order valence-electron chi connectivity index (χ4n) is 3.46. The molecule has 0 radical (unpaired) electrons. The summed E-state index contributed by atoms with van der Waals surface area (Å²) in [5.74, 6) is 0. The molecule has 0 aliphatic carbocycles. The first-order valence-electron chi connectivity index (χ1n) is 7.28. The number of benzene rings is 1. The summed E-state index contributed by atoms with van der Waals surface area (Å²) in [5, 5.41) is 2.34. The fraction of sp³-hybridized carbons (Fsp3) is 0.625. The van der Waals surface area contributed by atoms with Gasteiger partial charge in [-0.25, -0.2) is 5.01 Å². The van der Waals surface area contributed by atoms with Crippen molar-refractivity contribution < 1.29 is 4.74 Å². The van der Waals surface area contributed by atoms with Crippen LogP contribution in [0.15, 0.2) is 30.3 Å². The number of piperidine rings is 1. The Morgan fingerprint density at radius 1 is 1.11 bits per heavy atom. The lowest BCUT2D eigenvalue weighted by Gasteiger charge is -2.39. The molecule has 1 N–H and O–H groups in total. The van der Waals surface area contributed by atoms with Gasteiger partial charge in [-0.3, -0.25) is 0 Å². The molecule has 2 aliphatic rings. The van der Waals surface area contributed by atoms with Gasteiger partial charge in [0, 0.05) is 18.8 Å². The van der Waals surface area contributed by atoms with Crippen LogP contribution in [-0.2, 0) is 4.74 Å². The van der Waals surface area contributed by atoms with Gasteiger partial charge < -0.3 is 10.2 Å². The maximum Gasteiger partial charge on any atom is 0.0633 e. The van der Waals surface area contributed by atoms with Crippen molar-refractivity contribution in [3.05, 3.63) is 30.3 Å². The van der Waals surface area contributed by atoms with E-state index in [9.17, 15) is 0 Å². The van der Waals surface area contributed by atoms with Crippen molar-refractivity contribution in [3.8, 4) is 0 Å². The van der Waals surface area contributed by atoms with Crippen molar-refractivity contribution in [1.82, 2.24) is 5.01 Å². The lowest BCUT2D eigenvalue weighted by molar-refractivity contribution is 0.0259. The number of hydrogen-bond donors (Lipinski definition) is 1. The standard InChI is InChI=1S/C16H24N2O/c1-15(2)12-16(13-19-15)8-10-18(11-9-16)17-14-6-4-3-5-7-14/h3-7,17H,8-13H2,1-2H3. The quantitative estimate of drug-likeness (QED) is 0.883.